The lowest BCUT2D eigenvalue weighted by atomic mass is 9.96. The predicted molar refractivity (Wildman–Crippen MR) is 114 cm³/mol. The Hall–Kier alpha value is -2.21. The van der Waals surface area contributed by atoms with Gasteiger partial charge in [0.2, 0.25) is 5.88 Å². The second-order valence-corrected chi connectivity index (χ2v) is 9.04. The van der Waals surface area contributed by atoms with Crippen molar-refractivity contribution in [1.82, 2.24) is 14.7 Å². The van der Waals surface area contributed by atoms with Crippen molar-refractivity contribution in [3.63, 3.8) is 0 Å². The average Bonchev–Trinajstić information content (AvgIpc) is 3.03. The first kappa shape index (κ1) is 21.5. The second kappa shape index (κ2) is 9.08. The monoisotopic (exact) mass is 419 g/mol. The van der Waals surface area contributed by atoms with E-state index in [1.165, 1.54) is 24.2 Å². The van der Waals surface area contributed by atoms with E-state index in [-0.39, 0.29) is 6.09 Å². The third-order valence-corrected chi connectivity index (χ3v) is 5.03. The molecular weight excluding hydrogens is 390 g/mol. The third-order valence-electron chi connectivity index (χ3n) is 4.80. The molecule has 1 fully saturated rings. The van der Waals surface area contributed by atoms with Crippen LogP contribution in [0.1, 0.15) is 64.6 Å². The van der Waals surface area contributed by atoms with E-state index in [2.05, 4.69) is 0 Å². The highest BCUT2D eigenvalue weighted by atomic mass is 35.5. The first-order chi connectivity index (χ1) is 13.7. The van der Waals surface area contributed by atoms with Gasteiger partial charge in [-0.15, -0.1) is 0 Å². The number of aromatic nitrogens is 2. The zero-order valence-corrected chi connectivity index (χ0v) is 18.4. The quantitative estimate of drug-likeness (QED) is 0.578. The van der Waals surface area contributed by atoms with Crippen LogP contribution in [0.25, 0.3) is 0 Å². The van der Waals surface area contributed by atoms with Crippen LogP contribution in [0.4, 0.5) is 4.79 Å². The van der Waals surface area contributed by atoms with E-state index in [9.17, 15) is 4.79 Å². The predicted octanol–water partition coefficient (Wildman–Crippen LogP) is 6.20. The zero-order valence-electron chi connectivity index (χ0n) is 17.7. The van der Waals surface area contributed by atoms with Gasteiger partial charge in [0.15, 0.2) is 0 Å². The standard InChI is InChI=1S/C22H30ClN3O3/c1-22(2,3)29-21(27)25(4)15-17-14-20(28-19-12-8-9-16(23)13-19)26(24-17)18-10-6-5-7-11-18/h8-9,12-14,18H,5-7,10-11,15H2,1-4H3. The maximum atomic E-state index is 12.3. The number of rotatable bonds is 5. The SMILES string of the molecule is CN(Cc1cc(Oc2cccc(Cl)c2)n(C2CCCCC2)n1)C(=O)OC(C)(C)C. The Labute approximate surface area is 177 Å². The maximum absolute atomic E-state index is 12.3. The van der Waals surface area contributed by atoms with Crippen molar-refractivity contribution < 1.29 is 14.3 Å². The van der Waals surface area contributed by atoms with Crippen molar-refractivity contribution in [2.24, 2.45) is 0 Å². The minimum atomic E-state index is -0.534. The fraction of sp³-hybridized carbons (Fsp3) is 0.545. The van der Waals surface area contributed by atoms with E-state index in [4.69, 9.17) is 26.2 Å². The van der Waals surface area contributed by atoms with E-state index < -0.39 is 5.60 Å². The lowest BCUT2D eigenvalue weighted by Gasteiger charge is -2.24. The third kappa shape index (κ3) is 6.13. The van der Waals surface area contributed by atoms with Crippen LogP contribution < -0.4 is 4.74 Å². The fourth-order valence-electron chi connectivity index (χ4n) is 3.46. The van der Waals surface area contributed by atoms with Crippen LogP contribution in [0, 0.1) is 0 Å². The molecule has 7 heteroatoms. The highest BCUT2D eigenvalue weighted by Crippen LogP contribution is 2.34. The van der Waals surface area contributed by atoms with Crippen LogP contribution in [0.15, 0.2) is 30.3 Å². The van der Waals surface area contributed by atoms with E-state index in [0.717, 1.165) is 18.5 Å². The van der Waals surface area contributed by atoms with Gasteiger partial charge in [0, 0.05) is 18.1 Å². The molecular formula is C22H30ClN3O3. The lowest BCUT2D eigenvalue weighted by Crippen LogP contribution is -2.34. The Morgan fingerprint density at radius 1 is 1.24 bits per heavy atom. The average molecular weight is 420 g/mol. The first-order valence-electron chi connectivity index (χ1n) is 10.2. The number of halogens is 1. The number of carbonyl (C=O) groups is 1. The van der Waals surface area contributed by atoms with Gasteiger partial charge in [-0.2, -0.15) is 5.10 Å². The molecule has 1 saturated carbocycles. The number of hydrogen-bond donors (Lipinski definition) is 0. The number of amides is 1. The number of carbonyl (C=O) groups excluding carboxylic acids is 1. The minimum Gasteiger partial charge on any atom is -0.444 e. The summed E-state index contributed by atoms with van der Waals surface area (Å²) in [6.45, 7) is 5.91. The summed E-state index contributed by atoms with van der Waals surface area (Å²) in [6, 6.07) is 9.53. The second-order valence-electron chi connectivity index (χ2n) is 8.61. The molecule has 1 aromatic heterocycles. The van der Waals surface area contributed by atoms with Crippen molar-refractivity contribution in [1.29, 1.82) is 0 Å². The molecule has 29 heavy (non-hydrogen) atoms. The highest BCUT2D eigenvalue weighted by Gasteiger charge is 2.24. The van der Waals surface area contributed by atoms with E-state index >= 15 is 0 Å². The zero-order chi connectivity index (χ0) is 21.0. The van der Waals surface area contributed by atoms with Gasteiger partial charge in [-0.05, 0) is 51.8 Å². The Bertz CT molecular complexity index is 838. The van der Waals surface area contributed by atoms with Gasteiger partial charge in [-0.1, -0.05) is 36.9 Å². The molecule has 0 radical (unpaired) electrons. The summed E-state index contributed by atoms with van der Waals surface area (Å²) < 4.78 is 13.5. The Morgan fingerprint density at radius 3 is 2.62 bits per heavy atom. The molecule has 0 saturated heterocycles. The van der Waals surface area contributed by atoms with Gasteiger partial charge < -0.3 is 14.4 Å². The molecule has 0 aliphatic heterocycles. The summed E-state index contributed by atoms with van der Waals surface area (Å²) in [5.74, 6) is 1.34. The molecule has 6 nitrogen and oxygen atoms in total. The van der Waals surface area contributed by atoms with Crippen LogP contribution in [-0.2, 0) is 11.3 Å². The molecule has 158 valence electrons. The van der Waals surface area contributed by atoms with Crippen LogP contribution in [-0.4, -0.2) is 33.4 Å². The van der Waals surface area contributed by atoms with Crippen molar-refractivity contribution in [3.8, 4) is 11.6 Å². The lowest BCUT2D eigenvalue weighted by molar-refractivity contribution is 0.0282. The van der Waals surface area contributed by atoms with E-state index in [1.807, 2.05) is 49.7 Å². The van der Waals surface area contributed by atoms with Crippen LogP contribution in [0.2, 0.25) is 5.02 Å². The number of nitrogens with zero attached hydrogens (tertiary/aromatic N) is 3. The molecule has 1 aliphatic rings. The summed E-state index contributed by atoms with van der Waals surface area (Å²) in [7, 11) is 1.71. The van der Waals surface area contributed by atoms with E-state index in [0.29, 0.717) is 29.2 Å². The Kier molecular flexibility index (Phi) is 6.73. The summed E-state index contributed by atoms with van der Waals surface area (Å²) in [6.07, 6.45) is 5.42. The molecule has 2 aromatic rings. The molecule has 1 amide bonds. The molecule has 0 atom stereocenters. The van der Waals surface area contributed by atoms with E-state index in [1.54, 1.807) is 13.1 Å². The summed E-state index contributed by atoms with van der Waals surface area (Å²) in [5.41, 5.74) is 0.231. The molecule has 1 aromatic carbocycles. The first-order valence-corrected chi connectivity index (χ1v) is 10.5. The largest absolute Gasteiger partial charge is 0.444 e. The van der Waals surface area contributed by atoms with Crippen LogP contribution in [0.5, 0.6) is 11.6 Å². The van der Waals surface area contributed by atoms with Crippen LogP contribution >= 0.6 is 11.6 Å². The Morgan fingerprint density at radius 2 is 1.97 bits per heavy atom. The molecule has 0 unspecified atom stereocenters. The van der Waals surface area contributed by atoms with Crippen molar-refractivity contribution in [2.75, 3.05) is 7.05 Å². The van der Waals surface area contributed by atoms with Gasteiger partial charge in [0.1, 0.15) is 11.4 Å². The van der Waals surface area contributed by atoms with Gasteiger partial charge in [-0.3, -0.25) is 0 Å². The minimum absolute atomic E-state index is 0.304. The molecule has 1 heterocycles. The van der Waals surface area contributed by atoms with Crippen molar-refractivity contribution >= 4 is 17.7 Å². The number of benzene rings is 1. The summed E-state index contributed by atoms with van der Waals surface area (Å²) in [5, 5.41) is 5.40. The van der Waals surface area contributed by atoms with Gasteiger partial charge in [0.25, 0.3) is 0 Å². The number of hydrogen-bond acceptors (Lipinski definition) is 4. The smallest absolute Gasteiger partial charge is 0.410 e. The normalized spacial score (nSPS) is 15.2. The Balaban J connectivity index is 1.80. The van der Waals surface area contributed by atoms with Crippen LogP contribution in [0.3, 0.4) is 0 Å². The summed E-state index contributed by atoms with van der Waals surface area (Å²) in [4.78, 5) is 13.8. The molecule has 0 N–H and O–H groups in total. The number of ether oxygens (including phenoxy) is 2. The molecule has 3 rings (SSSR count). The summed E-state index contributed by atoms with van der Waals surface area (Å²) >= 11 is 6.10. The molecule has 0 bridgehead atoms. The maximum Gasteiger partial charge on any atom is 0.410 e. The molecule has 1 aliphatic carbocycles. The van der Waals surface area contributed by atoms with Gasteiger partial charge in [0.05, 0.1) is 18.3 Å². The molecule has 0 spiro atoms. The van der Waals surface area contributed by atoms with Crippen molar-refractivity contribution in [2.45, 2.75) is 71.1 Å². The topological polar surface area (TPSA) is 56.6 Å². The van der Waals surface area contributed by atoms with Gasteiger partial charge in [-0.25, -0.2) is 9.48 Å². The van der Waals surface area contributed by atoms with Gasteiger partial charge >= 0.3 is 6.09 Å². The van der Waals surface area contributed by atoms with Crippen molar-refractivity contribution in [3.05, 3.63) is 41.0 Å². The highest BCUT2D eigenvalue weighted by molar-refractivity contribution is 6.30. The fourth-order valence-corrected chi connectivity index (χ4v) is 3.64.